The predicted octanol–water partition coefficient (Wildman–Crippen LogP) is 3.28. The van der Waals surface area contributed by atoms with Crippen LogP contribution in [0.4, 0.5) is 0 Å². The Morgan fingerprint density at radius 2 is 1.96 bits per heavy atom. The number of carbonyl (C=O) groups excluding carboxylic acids is 1. The third-order valence-electron chi connectivity index (χ3n) is 4.83. The zero-order valence-electron chi connectivity index (χ0n) is 15.2. The molecule has 0 saturated carbocycles. The van der Waals surface area contributed by atoms with Crippen molar-refractivity contribution < 1.29 is 13.2 Å². The number of sulfonamides is 1. The average molecular weight is 431 g/mol. The molecule has 1 aromatic rings. The number of hydrogen-bond donors (Lipinski definition) is 0. The van der Waals surface area contributed by atoms with E-state index in [9.17, 15) is 13.2 Å². The monoisotopic (exact) mass is 430 g/mol. The van der Waals surface area contributed by atoms with Crippen molar-refractivity contribution in [1.82, 2.24) is 9.21 Å². The van der Waals surface area contributed by atoms with E-state index in [1.54, 1.807) is 17.0 Å². The van der Waals surface area contributed by atoms with Crippen LogP contribution in [0.1, 0.15) is 39.2 Å². The number of hydrogen-bond acceptors (Lipinski definition) is 3. The summed E-state index contributed by atoms with van der Waals surface area (Å²) in [4.78, 5) is 14.8. The first-order valence-electron chi connectivity index (χ1n) is 8.92. The standard InChI is InChI=1S/C18H27BrN2O3S/c1-4-14-12-16(19)9-10-17(14)25(23,24)21-11-7-8-15(13-21)18(22)20(5-2)6-3/h9-10,12,15H,4-8,11,13H2,1-3H3. The summed E-state index contributed by atoms with van der Waals surface area (Å²) in [6, 6.07) is 5.28. The molecule has 0 bridgehead atoms. The molecule has 0 aliphatic carbocycles. The van der Waals surface area contributed by atoms with Crippen molar-refractivity contribution in [3.05, 3.63) is 28.2 Å². The third kappa shape index (κ3) is 4.44. The van der Waals surface area contributed by atoms with Gasteiger partial charge in [0, 0.05) is 30.7 Å². The second kappa shape index (κ2) is 8.64. The van der Waals surface area contributed by atoms with Gasteiger partial charge in [-0.3, -0.25) is 4.79 Å². The number of halogens is 1. The Hall–Kier alpha value is -0.920. The lowest BCUT2D eigenvalue weighted by Crippen LogP contribution is -2.46. The van der Waals surface area contributed by atoms with Crippen LogP contribution in [0.25, 0.3) is 0 Å². The van der Waals surface area contributed by atoms with Crippen molar-refractivity contribution in [2.45, 2.75) is 44.9 Å². The van der Waals surface area contributed by atoms with E-state index in [2.05, 4.69) is 15.9 Å². The van der Waals surface area contributed by atoms with Crippen molar-refractivity contribution in [1.29, 1.82) is 0 Å². The SMILES string of the molecule is CCc1cc(Br)ccc1S(=O)(=O)N1CCCC(C(=O)N(CC)CC)C1. The molecule has 1 aromatic carbocycles. The highest BCUT2D eigenvalue weighted by atomic mass is 79.9. The number of amides is 1. The predicted molar refractivity (Wildman–Crippen MR) is 103 cm³/mol. The lowest BCUT2D eigenvalue weighted by atomic mass is 9.98. The number of aryl methyl sites for hydroxylation is 1. The van der Waals surface area contributed by atoms with Crippen LogP contribution in [-0.4, -0.2) is 49.7 Å². The summed E-state index contributed by atoms with van der Waals surface area (Å²) in [6.45, 7) is 7.92. The van der Waals surface area contributed by atoms with Crippen LogP contribution in [-0.2, 0) is 21.2 Å². The fourth-order valence-electron chi connectivity index (χ4n) is 3.37. The largest absolute Gasteiger partial charge is 0.343 e. The average Bonchev–Trinajstić information content (AvgIpc) is 2.62. The van der Waals surface area contributed by atoms with E-state index in [4.69, 9.17) is 0 Å². The van der Waals surface area contributed by atoms with Gasteiger partial charge in [0.05, 0.1) is 10.8 Å². The van der Waals surface area contributed by atoms with Crippen LogP contribution < -0.4 is 0 Å². The minimum absolute atomic E-state index is 0.0661. The van der Waals surface area contributed by atoms with Gasteiger partial charge in [-0.25, -0.2) is 8.42 Å². The number of nitrogens with zero attached hydrogens (tertiary/aromatic N) is 2. The number of benzene rings is 1. The maximum Gasteiger partial charge on any atom is 0.243 e. The summed E-state index contributed by atoms with van der Waals surface area (Å²) in [5.41, 5.74) is 0.798. The van der Waals surface area contributed by atoms with Crippen molar-refractivity contribution in [2.75, 3.05) is 26.2 Å². The van der Waals surface area contributed by atoms with E-state index in [0.29, 0.717) is 31.0 Å². The van der Waals surface area contributed by atoms with Crippen molar-refractivity contribution in [3.8, 4) is 0 Å². The molecule has 1 atom stereocenters. The summed E-state index contributed by atoms with van der Waals surface area (Å²) in [5.74, 6) is -0.180. The molecule has 140 valence electrons. The van der Waals surface area contributed by atoms with Crippen molar-refractivity contribution in [3.63, 3.8) is 0 Å². The number of rotatable bonds is 6. The van der Waals surface area contributed by atoms with Gasteiger partial charge in [0.1, 0.15) is 0 Å². The molecular weight excluding hydrogens is 404 g/mol. The quantitative estimate of drug-likeness (QED) is 0.695. The number of carbonyl (C=O) groups is 1. The van der Waals surface area contributed by atoms with Gasteiger partial charge in [-0.2, -0.15) is 4.31 Å². The van der Waals surface area contributed by atoms with E-state index in [1.807, 2.05) is 26.8 Å². The summed E-state index contributed by atoms with van der Waals surface area (Å²) in [7, 11) is -3.59. The first-order chi connectivity index (χ1) is 11.8. The van der Waals surface area contributed by atoms with Crippen LogP contribution in [0.15, 0.2) is 27.6 Å². The van der Waals surface area contributed by atoms with Gasteiger partial charge in [-0.05, 0) is 56.9 Å². The fourth-order valence-corrected chi connectivity index (χ4v) is 5.58. The van der Waals surface area contributed by atoms with E-state index in [-0.39, 0.29) is 18.4 Å². The molecule has 1 unspecified atom stereocenters. The van der Waals surface area contributed by atoms with E-state index in [0.717, 1.165) is 22.9 Å². The van der Waals surface area contributed by atoms with Crippen molar-refractivity contribution >= 4 is 31.9 Å². The summed E-state index contributed by atoms with van der Waals surface area (Å²) in [5, 5.41) is 0. The topological polar surface area (TPSA) is 57.7 Å². The Balaban J connectivity index is 2.27. The molecule has 1 fully saturated rings. The Kier molecular flexibility index (Phi) is 7.05. The first-order valence-corrected chi connectivity index (χ1v) is 11.2. The van der Waals surface area contributed by atoms with Crippen LogP contribution in [0.5, 0.6) is 0 Å². The summed E-state index contributed by atoms with van der Waals surface area (Å²) >= 11 is 3.40. The molecule has 0 N–H and O–H groups in total. The van der Waals surface area contributed by atoms with Crippen molar-refractivity contribution in [2.24, 2.45) is 5.92 Å². The number of piperidine rings is 1. The minimum Gasteiger partial charge on any atom is -0.343 e. The Labute approximate surface area is 159 Å². The Morgan fingerprint density at radius 3 is 2.56 bits per heavy atom. The highest BCUT2D eigenvalue weighted by Gasteiger charge is 2.35. The van der Waals surface area contributed by atoms with Crippen LogP contribution in [0.3, 0.4) is 0 Å². The molecular formula is C18H27BrN2O3S. The van der Waals surface area contributed by atoms with E-state index >= 15 is 0 Å². The normalized spacial score (nSPS) is 19.0. The summed E-state index contributed by atoms with van der Waals surface area (Å²) in [6.07, 6.45) is 2.11. The highest BCUT2D eigenvalue weighted by molar-refractivity contribution is 9.10. The molecule has 1 heterocycles. The molecule has 5 nitrogen and oxygen atoms in total. The van der Waals surface area contributed by atoms with E-state index < -0.39 is 10.0 Å². The smallest absolute Gasteiger partial charge is 0.243 e. The zero-order chi connectivity index (χ0) is 18.6. The molecule has 0 aromatic heterocycles. The van der Waals surface area contributed by atoms with Gasteiger partial charge in [-0.1, -0.05) is 22.9 Å². The first kappa shape index (κ1) is 20.4. The van der Waals surface area contributed by atoms with Gasteiger partial charge in [-0.15, -0.1) is 0 Å². The molecule has 2 rings (SSSR count). The Bertz CT molecular complexity index is 717. The molecule has 25 heavy (non-hydrogen) atoms. The van der Waals surface area contributed by atoms with Crippen LogP contribution in [0.2, 0.25) is 0 Å². The maximum atomic E-state index is 13.1. The summed E-state index contributed by atoms with van der Waals surface area (Å²) < 4.78 is 28.6. The lowest BCUT2D eigenvalue weighted by molar-refractivity contribution is -0.136. The molecule has 0 spiro atoms. The van der Waals surface area contributed by atoms with Gasteiger partial charge in [0.15, 0.2) is 0 Å². The maximum absolute atomic E-state index is 13.1. The fraction of sp³-hybridized carbons (Fsp3) is 0.611. The molecule has 1 aliphatic heterocycles. The molecule has 1 amide bonds. The van der Waals surface area contributed by atoms with Gasteiger partial charge < -0.3 is 4.90 Å². The second-order valence-electron chi connectivity index (χ2n) is 6.32. The van der Waals surface area contributed by atoms with Gasteiger partial charge in [0.2, 0.25) is 15.9 Å². The lowest BCUT2D eigenvalue weighted by Gasteiger charge is -2.34. The Morgan fingerprint density at radius 1 is 1.28 bits per heavy atom. The molecule has 1 aliphatic rings. The van der Waals surface area contributed by atoms with Crippen LogP contribution in [0, 0.1) is 5.92 Å². The van der Waals surface area contributed by atoms with E-state index in [1.165, 1.54) is 4.31 Å². The zero-order valence-corrected chi connectivity index (χ0v) is 17.6. The molecule has 0 radical (unpaired) electrons. The molecule has 1 saturated heterocycles. The second-order valence-corrected chi connectivity index (χ2v) is 9.14. The molecule has 7 heteroatoms. The minimum atomic E-state index is -3.59. The highest BCUT2D eigenvalue weighted by Crippen LogP contribution is 2.28. The van der Waals surface area contributed by atoms with Gasteiger partial charge >= 0.3 is 0 Å². The third-order valence-corrected chi connectivity index (χ3v) is 7.29. The van der Waals surface area contributed by atoms with Crippen LogP contribution >= 0.6 is 15.9 Å². The van der Waals surface area contributed by atoms with Gasteiger partial charge in [0.25, 0.3) is 0 Å².